The summed E-state index contributed by atoms with van der Waals surface area (Å²) < 4.78 is 0.815. The van der Waals surface area contributed by atoms with E-state index in [9.17, 15) is 0 Å². The molecule has 0 aliphatic rings. The Hall–Kier alpha value is -1.01. The predicted octanol–water partition coefficient (Wildman–Crippen LogP) is 3.82. The standard InChI is InChI=1S/C12H15BrN4S/c1-3-4-10-16-9(13)7-11(17-10)15-8(2)12-14-5-6-18-12/h5-8H,3-4H2,1-2H3,(H,15,16,17). The number of nitrogens with one attached hydrogen (secondary N) is 1. The van der Waals surface area contributed by atoms with Gasteiger partial charge in [0, 0.05) is 24.1 Å². The van der Waals surface area contributed by atoms with E-state index in [1.165, 1.54) is 0 Å². The highest BCUT2D eigenvalue weighted by Gasteiger charge is 2.10. The van der Waals surface area contributed by atoms with Crippen molar-refractivity contribution in [2.24, 2.45) is 0 Å². The van der Waals surface area contributed by atoms with Crippen molar-refractivity contribution in [1.29, 1.82) is 0 Å². The minimum absolute atomic E-state index is 0.154. The quantitative estimate of drug-likeness (QED) is 0.848. The zero-order chi connectivity index (χ0) is 13.0. The minimum atomic E-state index is 0.154. The Morgan fingerprint density at radius 1 is 1.44 bits per heavy atom. The summed E-state index contributed by atoms with van der Waals surface area (Å²) in [4.78, 5) is 13.1. The molecule has 0 aromatic carbocycles. The maximum Gasteiger partial charge on any atom is 0.132 e. The fourth-order valence-corrected chi connectivity index (χ4v) is 2.67. The molecule has 2 aromatic heterocycles. The third-order valence-corrected chi connectivity index (χ3v) is 3.77. The van der Waals surface area contributed by atoms with Crippen LogP contribution in [-0.4, -0.2) is 15.0 Å². The summed E-state index contributed by atoms with van der Waals surface area (Å²) in [6, 6.07) is 2.05. The van der Waals surface area contributed by atoms with Crippen LogP contribution in [-0.2, 0) is 6.42 Å². The molecular formula is C12H15BrN4S. The van der Waals surface area contributed by atoms with Crippen molar-refractivity contribution >= 4 is 33.1 Å². The van der Waals surface area contributed by atoms with E-state index in [0.29, 0.717) is 0 Å². The molecule has 0 fully saturated rings. The smallest absolute Gasteiger partial charge is 0.132 e. The summed E-state index contributed by atoms with van der Waals surface area (Å²) in [5.41, 5.74) is 0. The summed E-state index contributed by atoms with van der Waals surface area (Å²) in [6.07, 6.45) is 3.74. The van der Waals surface area contributed by atoms with Crippen molar-refractivity contribution in [2.75, 3.05) is 5.32 Å². The summed E-state index contributed by atoms with van der Waals surface area (Å²) in [5, 5.41) is 6.39. The van der Waals surface area contributed by atoms with Gasteiger partial charge in [0.05, 0.1) is 6.04 Å². The highest BCUT2D eigenvalue weighted by molar-refractivity contribution is 9.10. The average Bonchev–Trinajstić information content (AvgIpc) is 2.81. The Balaban J connectivity index is 2.13. The molecule has 0 aliphatic carbocycles. The number of thiazole rings is 1. The molecule has 18 heavy (non-hydrogen) atoms. The average molecular weight is 327 g/mol. The topological polar surface area (TPSA) is 50.7 Å². The first-order valence-corrected chi connectivity index (χ1v) is 7.55. The van der Waals surface area contributed by atoms with Gasteiger partial charge in [-0.05, 0) is 29.3 Å². The predicted molar refractivity (Wildman–Crippen MR) is 77.9 cm³/mol. The van der Waals surface area contributed by atoms with E-state index in [2.05, 4.69) is 50.0 Å². The maximum absolute atomic E-state index is 4.50. The lowest BCUT2D eigenvalue weighted by atomic mass is 10.3. The third kappa shape index (κ3) is 3.49. The molecule has 0 aliphatic heterocycles. The van der Waals surface area contributed by atoms with Crippen LogP contribution in [0.25, 0.3) is 0 Å². The molecule has 1 N–H and O–H groups in total. The first-order valence-electron chi connectivity index (χ1n) is 5.88. The second-order valence-corrected chi connectivity index (χ2v) is 5.72. The van der Waals surface area contributed by atoms with Crippen LogP contribution >= 0.6 is 27.3 Å². The van der Waals surface area contributed by atoms with Gasteiger partial charge in [0.25, 0.3) is 0 Å². The van der Waals surface area contributed by atoms with Gasteiger partial charge in [0.15, 0.2) is 0 Å². The van der Waals surface area contributed by atoms with E-state index in [1.54, 1.807) is 11.3 Å². The zero-order valence-corrected chi connectivity index (χ0v) is 12.8. The van der Waals surface area contributed by atoms with Crippen molar-refractivity contribution in [3.63, 3.8) is 0 Å². The Kier molecular flexibility index (Phi) is 4.66. The van der Waals surface area contributed by atoms with E-state index in [0.717, 1.165) is 34.1 Å². The molecule has 0 amide bonds. The highest BCUT2D eigenvalue weighted by atomic mass is 79.9. The normalized spacial score (nSPS) is 12.4. The van der Waals surface area contributed by atoms with Gasteiger partial charge in [-0.15, -0.1) is 11.3 Å². The molecule has 0 saturated heterocycles. The molecule has 1 unspecified atom stereocenters. The Labute approximate surface area is 119 Å². The van der Waals surface area contributed by atoms with Gasteiger partial charge in [-0.1, -0.05) is 6.92 Å². The monoisotopic (exact) mass is 326 g/mol. The van der Waals surface area contributed by atoms with Crippen molar-refractivity contribution in [2.45, 2.75) is 32.7 Å². The van der Waals surface area contributed by atoms with Crippen LogP contribution in [0, 0.1) is 0 Å². The fourth-order valence-electron chi connectivity index (χ4n) is 1.61. The van der Waals surface area contributed by atoms with Crippen LogP contribution in [0.5, 0.6) is 0 Å². The molecular weight excluding hydrogens is 312 g/mol. The van der Waals surface area contributed by atoms with Crippen LogP contribution < -0.4 is 5.32 Å². The molecule has 1 atom stereocenters. The van der Waals surface area contributed by atoms with Gasteiger partial charge in [-0.3, -0.25) is 0 Å². The van der Waals surface area contributed by atoms with Crippen LogP contribution in [0.1, 0.15) is 37.1 Å². The first-order chi connectivity index (χ1) is 8.69. The number of hydrogen-bond donors (Lipinski definition) is 1. The number of aromatic nitrogens is 3. The molecule has 0 saturated carbocycles. The lowest BCUT2D eigenvalue weighted by molar-refractivity contribution is 0.811. The molecule has 6 heteroatoms. The molecule has 2 heterocycles. The Morgan fingerprint density at radius 3 is 2.94 bits per heavy atom. The highest BCUT2D eigenvalue weighted by Crippen LogP contribution is 2.21. The summed E-state index contributed by atoms with van der Waals surface area (Å²) in [5.74, 6) is 1.70. The number of hydrogen-bond acceptors (Lipinski definition) is 5. The number of halogens is 1. The van der Waals surface area contributed by atoms with E-state index < -0.39 is 0 Å². The molecule has 96 valence electrons. The maximum atomic E-state index is 4.50. The van der Waals surface area contributed by atoms with Gasteiger partial charge >= 0.3 is 0 Å². The number of rotatable bonds is 5. The molecule has 0 spiro atoms. The Morgan fingerprint density at radius 2 is 2.28 bits per heavy atom. The van der Waals surface area contributed by atoms with Crippen molar-refractivity contribution < 1.29 is 0 Å². The first kappa shape index (κ1) is 13.4. The van der Waals surface area contributed by atoms with Crippen LogP contribution in [0.3, 0.4) is 0 Å². The van der Waals surface area contributed by atoms with E-state index in [1.807, 2.05) is 17.6 Å². The largest absolute Gasteiger partial charge is 0.361 e. The lowest BCUT2D eigenvalue weighted by Crippen LogP contribution is -2.09. The minimum Gasteiger partial charge on any atom is -0.361 e. The van der Waals surface area contributed by atoms with Crippen molar-refractivity contribution in [1.82, 2.24) is 15.0 Å². The SMILES string of the molecule is CCCc1nc(Br)cc(NC(C)c2nccs2)n1. The molecule has 0 bridgehead atoms. The van der Waals surface area contributed by atoms with Gasteiger partial charge < -0.3 is 5.32 Å². The number of nitrogens with zero attached hydrogens (tertiary/aromatic N) is 3. The van der Waals surface area contributed by atoms with E-state index in [-0.39, 0.29) is 6.04 Å². The molecule has 2 rings (SSSR count). The second kappa shape index (κ2) is 6.24. The van der Waals surface area contributed by atoms with E-state index >= 15 is 0 Å². The van der Waals surface area contributed by atoms with Crippen LogP contribution in [0.2, 0.25) is 0 Å². The lowest BCUT2D eigenvalue weighted by Gasteiger charge is -2.12. The van der Waals surface area contributed by atoms with Gasteiger partial charge in [-0.2, -0.15) is 0 Å². The summed E-state index contributed by atoms with van der Waals surface area (Å²) in [6.45, 7) is 4.20. The molecule has 0 radical (unpaired) electrons. The number of anilines is 1. The van der Waals surface area contributed by atoms with Crippen LogP contribution in [0.4, 0.5) is 5.82 Å². The number of aryl methyl sites for hydroxylation is 1. The van der Waals surface area contributed by atoms with Gasteiger partial charge in [0.2, 0.25) is 0 Å². The zero-order valence-electron chi connectivity index (χ0n) is 10.4. The van der Waals surface area contributed by atoms with Crippen LogP contribution in [0.15, 0.2) is 22.2 Å². The van der Waals surface area contributed by atoms with Gasteiger partial charge in [0.1, 0.15) is 21.3 Å². The third-order valence-electron chi connectivity index (χ3n) is 2.40. The fraction of sp³-hybridized carbons (Fsp3) is 0.417. The summed E-state index contributed by atoms with van der Waals surface area (Å²) in [7, 11) is 0. The summed E-state index contributed by atoms with van der Waals surface area (Å²) >= 11 is 5.06. The Bertz CT molecular complexity index is 501. The van der Waals surface area contributed by atoms with E-state index in [4.69, 9.17) is 0 Å². The van der Waals surface area contributed by atoms with Gasteiger partial charge in [-0.25, -0.2) is 15.0 Å². The molecule has 2 aromatic rings. The van der Waals surface area contributed by atoms with Crippen molar-refractivity contribution in [3.8, 4) is 0 Å². The van der Waals surface area contributed by atoms with Crippen molar-refractivity contribution in [3.05, 3.63) is 33.1 Å². The second-order valence-electron chi connectivity index (χ2n) is 3.98. The molecule has 4 nitrogen and oxygen atoms in total.